The molecule has 3 heteroatoms. The van der Waals surface area contributed by atoms with Crippen LogP contribution in [-0.2, 0) is 12.8 Å². The Morgan fingerprint density at radius 1 is 1.00 bits per heavy atom. The number of aryl methyl sites for hydroxylation is 2. The Balaban J connectivity index is 2.18. The number of ether oxygens (including phenoxy) is 2. The fourth-order valence-electron chi connectivity index (χ4n) is 3.91. The average Bonchev–Trinajstić information content (AvgIpc) is 2.77. The van der Waals surface area contributed by atoms with Crippen molar-refractivity contribution in [1.82, 2.24) is 0 Å². The predicted octanol–water partition coefficient (Wildman–Crippen LogP) is 4.06. The van der Waals surface area contributed by atoms with Crippen LogP contribution in [0.3, 0.4) is 0 Å². The lowest BCUT2D eigenvalue weighted by Gasteiger charge is -2.27. The molecule has 0 fully saturated rings. The first kappa shape index (κ1) is 16.8. The molecule has 2 aromatic rings. The number of hydrogen-bond acceptors (Lipinski definition) is 3. The minimum Gasteiger partial charge on any atom is -0.493 e. The van der Waals surface area contributed by atoms with Gasteiger partial charge in [0.05, 0.1) is 14.2 Å². The Hall–Kier alpha value is -2.00. The van der Waals surface area contributed by atoms with E-state index in [1.807, 2.05) is 0 Å². The normalized spacial score (nSPS) is 17.4. The van der Waals surface area contributed by atoms with E-state index < -0.39 is 0 Å². The highest BCUT2D eigenvalue weighted by Crippen LogP contribution is 2.41. The van der Waals surface area contributed by atoms with Crippen LogP contribution in [0.5, 0.6) is 11.5 Å². The largest absolute Gasteiger partial charge is 0.493 e. The van der Waals surface area contributed by atoms with Crippen molar-refractivity contribution in [2.75, 3.05) is 14.2 Å². The molecule has 0 amide bonds. The summed E-state index contributed by atoms with van der Waals surface area (Å²) in [5.74, 6) is 1.79. The first-order valence-electron chi connectivity index (χ1n) is 8.77. The summed E-state index contributed by atoms with van der Waals surface area (Å²) in [7, 11) is 3.38. The number of methoxy groups -OCH3 is 2. The minimum atomic E-state index is 0.103. The molecule has 0 spiro atoms. The van der Waals surface area contributed by atoms with Gasteiger partial charge in [-0.1, -0.05) is 37.6 Å². The first-order valence-corrected chi connectivity index (χ1v) is 8.77. The van der Waals surface area contributed by atoms with Crippen LogP contribution < -0.4 is 15.2 Å². The Morgan fingerprint density at radius 3 is 2.38 bits per heavy atom. The molecule has 0 aliphatic heterocycles. The van der Waals surface area contributed by atoms with E-state index in [-0.39, 0.29) is 12.0 Å². The molecular formula is C21H27NO2. The summed E-state index contributed by atoms with van der Waals surface area (Å²) in [5.41, 5.74) is 12.0. The summed E-state index contributed by atoms with van der Waals surface area (Å²) >= 11 is 0. The van der Waals surface area contributed by atoms with Gasteiger partial charge in [-0.2, -0.15) is 0 Å². The molecule has 24 heavy (non-hydrogen) atoms. The SMILES string of the molecule is CCCC(N)C1c2ccccc2CCc2cc(OC)c(OC)cc21. The Morgan fingerprint density at radius 2 is 1.67 bits per heavy atom. The van der Waals surface area contributed by atoms with E-state index in [0.717, 1.165) is 37.2 Å². The van der Waals surface area contributed by atoms with Gasteiger partial charge in [-0.15, -0.1) is 0 Å². The smallest absolute Gasteiger partial charge is 0.161 e. The van der Waals surface area contributed by atoms with Crippen molar-refractivity contribution >= 4 is 0 Å². The Kier molecular flexibility index (Phi) is 5.10. The molecule has 0 bridgehead atoms. The second kappa shape index (κ2) is 7.27. The summed E-state index contributed by atoms with van der Waals surface area (Å²) in [6.45, 7) is 2.19. The van der Waals surface area contributed by atoms with Crippen LogP contribution in [0, 0.1) is 0 Å². The lowest BCUT2D eigenvalue weighted by Crippen LogP contribution is -2.29. The Bertz CT molecular complexity index is 711. The monoisotopic (exact) mass is 325 g/mol. The maximum Gasteiger partial charge on any atom is 0.161 e. The van der Waals surface area contributed by atoms with Crippen LogP contribution in [0.25, 0.3) is 0 Å². The van der Waals surface area contributed by atoms with Crippen molar-refractivity contribution in [1.29, 1.82) is 0 Å². The number of benzene rings is 2. The molecule has 0 saturated carbocycles. The molecule has 0 radical (unpaired) electrons. The summed E-state index contributed by atoms with van der Waals surface area (Å²) in [4.78, 5) is 0. The maximum atomic E-state index is 6.65. The fourth-order valence-corrected chi connectivity index (χ4v) is 3.91. The molecule has 2 N–H and O–H groups in total. The van der Waals surface area contributed by atoms with Gasteiger partial charge in [0.15, 0.2) is 11.5 Å². The average molecular weight is 325 g/mol. The molecule has 2 aromatic carbocycles. The molecule has 2 unspecified atom stereocenters. The van der Waals surface area contributed by atoms with Gasteiger partial charge in [-0.25, -0.2) is 0 Å². The molecule has 3 nitrogen and oxygen atoms in total. The van der Waals surface area contributed by atoms with E-state index in [9.17, 15) is 0 Å². The summed E-state index contributed by atoms with van der Waals surface area (Å²) in [5, 5.41) is 0. The lowest BCUT2D eigenvalue weighted by atomic mass is 9.81. The van der Waals surface area contributed by atoms with Gasteiger partial charge in [0.25, 0.3) is 0 Å². The molecule has 0 aromatic heterocycles. The van der Waals surface area contributed by atoms with E-state index in [0.29, 0.717) is 0 Å². The van der Waals surface area contributed by atoms with Crippen LogP contribution >= 0.6 is 0 Å². The van der Waals surface area contributed by atoms with Crippen LogP contribution in [-0.4, -0.2) is 20.3 Å². The molecular weight excluding hydrogens is 298 g/mol. The quantitative estimate of drug-likeness (QED) is 0.901. The fraction of sp³-hybridized carbons (Fsp3) is 0.429. The van der Waals surface area contributed by atoms with Crippen LogP contribution in [0.15, 0.2) is 36.4 Å². The van der Waals surface area contributed by atoms with Crippen molar-refractivity contribution in [2.24, 2.45) is 5.73 Å². The summed E-state index contributed by atoms with van der Waals surface area (Å²) in [6.07, 6.45) is 4.13. The zero-order valence-corrected chi connectivity index (χ0v) is 14.8. The van der Waals surface area contributed by atoms with Gasteiger partial charge in [-0.05, 0) is 53.6 Å². The topological polar surface area (TPSA) is 44.5 Å². The van der Waals surface area contributed by atoms with Crippen LogP contribution in [0.4, 0.5) is 0 Å². The number of rotatable bonds is 5. The van der Waals surface area contributed by atoms with E-state index in [2.05, 4.69) is 43.3 Å². The molecule has 1 aliphatic rings. The van der Waals surface area contributed by atoms with Gasteiger partial charge in [0.1, 0.15) is 0 Å². The van der Waals surface area contributed by atoms with E-state index >= 15 is 0 Å². The second-order valence-electron chi connectivity index (χ2n) is 6.54. The highest BCUT2D eigenvalue weighted by molar-refractivity contribution is 5.54. The summed E-state index contributed by atoms with van der Waals surface area (Å²) in [6, 6.07) is 13.1. The lowest BCUT2D eigenvalue weighted by molar-refractivity contribution is 0.353. The van der Waals surface area contributed by atoms with Gasteiger partial charge in [-0.3, -0.25) is 0 Å². The van der Waals surface area contributed by atoms with Crippen LogP contribution in [0.1, 0.15) is 47.9 Å². The first-order chi connectivity index (χ1) is 11.7. The highest BCUT2D eigenvalue weighted by Gasteiger charge is 2.29. The molecule has 0 saturated heterocycles. The highest BCUT2D eigenvalue weighted by atomic mass is 16.5. The maximum absolute atomic E-state index is 6.65. The molecule has 1 aliphatic carbocycles. The van der Waals surface area contributed by atoms with Crippen molar-refractivity contribution in [3.8, 4) is 11.5 Å². The molecule has 128 valence electrons. The van der Waals surface area contributed by atoms with Crippen molar-refractivity contribution in [3.05, 3.63) is 58.7 Å². The van der Waals surface area contributed by atoms with Crippen LogP contribution in [0.2, 0.25) is 0 Å². The number of hydrogen-bond donors (Lipinski definition) is 1. The zero-order chi connectivity index (χ0) is 17.1. The molecule has 3 rings (SSSR count). The van der Waals surface area contributed by atoms with Gasteiger partial charge < -0.3 is 15.2 Å². The number of fused-ring (bicyclic) bond motifs is 2. The summed E-state index contributed by atoms with van der Waals surface area (Å²) < 4.78 is 11.1. The van der Waals surface area contributed by atoms with E-state index in [1.165, 1.54) is 22.3 Å². The zero-order valence-electron chi connectivity index (χ0n) is 14.8. The van der Waals surface area contributed by atoms with E-state index in [1.54, 1.807) is 14.2 Å². The van der Waals surface area contributed by atoms with E-state index in [4.69, 9.17) is 15.2 Å². The van der Waals surface area contributed by atoms with Gasteiger partial charge in [0, 0.05) is 12.0 Å². The number of nitrogens with two attached hydrogens (primary N) is 1. The van der Waals surface area contributed by atoms with Crippen molar-refractivity contribution in [3.63, 3.8) is 0 Å². The minimum absolute atomic E-state index is 0.103. The van der Waals surface area contributed by atoms with Crippen molar-refractivity contribution in [2.45, 2.75) is 44.6 Å². The molecule has 0 heterocycles. The third-order valence-electron chi connectivity index (χ3n) is 5.08. The Labute approximate surface area is 144 Å². The second-order valence-corrected chi connectivity index (χ2v) is 6.54. The van der Waals surface area contributed by atoms with Gasteiger partial charge >= 0.3 is 0 Å². The van der Waals surface area contributed by atoms with Gasteiger partial charge in [0.2, 0.25) is 0 Å². The third-order valence-corrected chi connectivity index (χ3v) is 5.08. The molecule has 2 atom stereocenters. The predicted molar refractivity (Wildman–Crippen MR) is 98.1 cm³/mol. The standard InChI is InChI=1S/C21H27NO2/c1-4-7-18(22)21-16-9-6-5-8-14(16)10-11-15-12-19(23-2)20(24-3)13-17(15)21/h5-6,8-9,12-13,18,21H,4,7,10-11,22H2,1-3H3. The third kappa shape index (κ3) is 3.01. The van der Waals surface area contributed by atoms with Crippen molar-refractivity contribution < 1.29 is 9.47 Å².